The van der Waals surface area contributed by atoms with Crippen molar-refractivity contribution in [3.05, 3.63) is 82.0 Å². The number of amides is 1. The number of nitrogens with two attached hydrogens (primary N) is 1. The first kappa shape index (κ1) is 19.9. The fourth-order valence-electron chi connectivity index (χ4n) is 2.59. The lowest BCUT2D eigenvalue weighted by molar-refractivity contribution is 0.0951. The van der Waals surface area contributed by atoms with Gasteiger partial charge in [0.25, 0.3) is 5.91 Å². The number of hydrogen-bond donors (Lipinski definition) is 2. The van der Waals surface area contributed by atoms with E-state index in [4.69, 9.17) is 15.2 Å². The molecule has 0 aliphatic rings. The highest BCUT2D eigenvalue weighted by atomic mass is 79.9. The van der Waals surface area contributed by atoms with E-state index in [0.29, 0.717) is 30.2 Å². The second-order valence-corrected chi connectivity index (χ2v) is 6.89. The fraction of sp³-hybridized carbons (Fsp3) is 0.143. The summed E-state index contributed by atoms with van der Waals surface area (Å²) >= 11 is 3.46. The Labute approximate surface area is 171 Å². The molecule has 0 bridgehead atoms. The SMILES string of the molecule is COCc1ccc(C(=O)NCc2cccc(Oc3ccccc3Br)c2)c(N)n1. The number of hydrogen-bond acceptors (Lipinski definition) is 5. The number of nitrogens with one attached hydrogen (secondary N) is 1. The summed E-state index contributed by atoms with van der Waals surface area (Å²) in [5.41, 5.74) is 7.81. The Kier molecular flexibility index (Phi) is 6.62. The van der Waals surface area contributed by atoms with E-state index in [1.54, 1.807) is 19.2 Å². The molecule has 0 aliphatic carbocycles. The summed E-state index contributed by atoms with van der Waals surface area (Å²) in [5, 5.41) is 2.85. The summed E-state index contributed by atoms with van der Waals surface area (Å²) in [6.07, 6.45) is 0. The second-order valence-electron chi connectivity index (χ2n) is 6.03. The average molecular weight is 442 g/mol. The Hall–Kier alpha value is -2.90. The normalized spacial score (nSPS) is 10.5. The third-order valence-electron chi connectivity index (χ3n) is 3.94. The van der Waals surface area contributed by atoms with Crippen molar-refractivity contribution in [2.45, 2.75) is 13.2 Å². The number of para-hydroxylation sites is 1. The molecular formula is C21H20BrN3O3. The van der Waals surface area contributed by atoms with E-state index in [2.05, 4.69) is 26.2 Å². The molecule has 0 aliphatic heterocycles. The number of nitrogen functional groups attached to an aromatic ring is 1. The summed E-state index contributed by atoms with van der Waals surface area (Å²) in [4.78, 5) is 16.6. The zero-order chi connectivity index (χ0) is 19.9. The van der Waals surface area contributed by atoms with Crippen LogP contribution in [0.3, 0.4) is 0 Å². The smallest absolute Gasteiger partial charge is 0.255 e. The number of carbonyl (C=O) groups is 1. The van der Waals surface area contributed by atoms with Crippen molar-refractivity contribution in [1.82, 2.24) is 10.3 Å². The Morgan fingerprint density at radius 3 is 2.71 bits per heavy atom. The van der Waals surface area contributed by atoms with Crippen LogP contribution in [0.4, 0.5) is 5.82 Å². The summed E-state index contributed by atoms with van der Waals surface area (Å²) in [6.45, 7) is 0.682. The molecule has 7 heteroatoms. The maximum atomic E-state index is 12.4. The predicted molar refractivity (Wildman–Crippen MR) is 111 cm³/mol. The standard InChI is InChI=1S/C21H20BrN3O3/c1-27-13-15-9-10-17(20(23)25-15)21(26)24-12-14-5-4-6-16(11-14)28-19-8-3-2-7-18(19)22/h2-11H,12-13H2,1H3,(H2,23,25)(H,24,26). The van der Waals surface area contributed by atoms with E-state index in [1.165, 1.54) is 0 Å². The second kappa shape index (κ2) is 9.34. The van der Waals surface area contributed by atoms with Crippen molar-refractivity contribution < 1.29 is 14.3 Å². The first-order valence-electron chi connectivity index (χ1n) is 8.60. The molecule has 0 atom stereocenters. The van der Waals surface area contributed by atoms with Crippen molar-refractivity contribution in [2.24, 2.45) is 0 Å². The molecule has 144 valence electrons. The van der Waals surface area contributed by atoms with Gasteiger partial charge in [0.05, 0.1) is 22.3 Å². The minimum absolute atomic E-state index is 0.179. The zero-order valence-electron chi connectivity index (χ0n) is 15.3. The van der Waals surface area contributed by atoms with E-state index in [1.807, 2.05) is 48.5 Å². The number of methoxy groups -OCH3 is 1. The molecule has 3 rings (SSSR count). The van der Waals surface area contributed by atoms with Crippen LogP contribution in [0.5, 0.6) is 11.5 Å². The van der Waals surface area contributed by atoms with E-state index in [-0.39, 0.29) is 11.7 Å². The van der Waals surface area contributed by atoms with Gasteiger partial charge in [-0.1, -0.05) is 24.3 Å². The number of pyridine rings is 1. The molecule has 3 N–H and O–H groups in total. The quantitative estimate of drug-likeness (QED) is 0.570. The largest absolute Gasteiger partial charge is 0.456 e. The fourth-order valence-corrected chi connectivity index (χ4v) is 2.95. The Morgan fingerprint density at radius 2 is 1.96 bits per heavy atom. The van der Waals surface area contributed by atoms with Crippen LogP contribution < -0.4 is 15.8 Å². The molecule has 3 aromatic rings. The van der Waals surface area contributed by atoms with Crippen LogP contribution in [0, 0.1) is 0 Å². The lowest BCUT2D eigenvalue weighted by atomic mass is 10.2. The highest BCUT2D eigenvalue weighted by molar-refractivity contribution is 9.10. The third kappa shape index (κ3) is 5.09. The molecule has 0 radical (unpaired) electrons. The van der Waals surface area contributed by atoms with Gasteiger partial charge < -0.3 is 20.5 Å². The van der Waals surface area contributed by atoms with Gasteiger partial charge in [-0.2, -0.15) is 0 Å². The van der Waals surface area contributed by atoms with Gasteiger partial charge in [0.15, 0.2) is 0 Å². The van der Waals surface area contributed by atoms with Gasteiger partial charge in [0.2, 0.25) is 0 Å². The first-order chi connectivity index (χ1) is 13.6. The van der Waals surface area contributed by atoms with Gasteiger partial charge in [0.1, 0.15) is 17.3 Å². The molecule has 28 heavy (non-hydrogen) atoms. The zero-order valence-corrected chi connectivity index (χ0v) is 16.9. The minimum Gasteiger partial charge on any atom is -0.456 e. The number of nitrogens with zero attached hydrogens (tertiary/aromatic N) is 1. The van der Waals surface area contributed by atoms with Crippen molar-refractivity contribution in [1.29, 1.82) is 0 Å². The molecule has 0 spiro atoms. The van der Waals surface area contributed by atoms with Gasteiger partial charge in [-0.05, 0) is 57.9 Å². The van der Waals surface area contributed by atoms with Crippen molar-refractivity contribution in [2.75, 3.05) is 12.8 Å². The Bertz CT molecular complexity index is 979. The molecule has 2 aromatic carbocycles. The van der Waals surface area contributed by atoms with Gasteiger partial charge in [-0.25, -0.2) is 4.98 Å². The Balaban J connectivity index is 1.65. The van der Waals surface area contributed by atoms with Crippen LogP contribution in [0.25, 0.3) is 0 Å². The molecule has 1 heterocycles. The highest BCUT2D eigenvalue weighted by Gasteiger charge is 2.12. The van der Waals surface area contributed by atoms with Crippen LogP contribution in [0.15, 0.2) is 65.1 Å². The molecule has 6 nitrogen and oxygen atoms in total. The van der Waals surface area contributed by atoms with Crippen LogP contribution in [-0.4, -0.2) is 18.0 Å². The third-order valence-corrected chi connectivity index (χ3v) is 4.59. The summed E-state index contributed by atoms with van der Waals surface area (Å²) in [7, 11) is 1.58. The first-order valence-corrected chi connectivity index (χ1v) is 9.40. The molecule has 0 saturated carbocycles. The van der Waals surface area contributed by atoms with Crippen LogP contribution in [0.2, 0.25) is 0 Å². The molecule has 0 saturated heterocycles. The van der Waals surface area contributed by atoms with Crippen LogP contribution in [0.1, 0.15) is 21.6 Å². The molecule has 1 amide bonds. The van der Waals surface area contributed by atoms with Crippen molar-refractivity contribution in [3.8, 4) is 11.5 Å². The highest BCUT2D eigenvalue weighted by Crippen LogP contribution is 2.29. The lowest BCUT2D eigenvalue weighted by Crippen LogP contribution is -2.24. The monoisotopic (exact) mass is 441 g/mol. The molecule has 0 unspecified atom stereocenters. The minimum atomic E-state index is -0.286. The van der Waals surface area contributed by atoms with Gasteiger partial charge in [-0.15, -0.1) is 0 Å². The predicted octanol–water partition coefficient (Wildman–Crippen LogP) is 4.30. The summed E-state index contributed by atoms with van der Waals surface area (Å²) < 4.78 is 11.8. The Morgan fingerprint density at radius 1 is 1.14 bits per heavy atom. The number of rotatable bonds is 7. The van der Waals surface area contributed by atoms with E-state index in [0.717, 1.165) is 15.8 Å². The summed E-state index contributed by atoms with van der Waals surface area (Å²) in [5.74, 6) is 1.30. The number of carbonyl (C=O) groups excluding carboxylic acids is 1. The van der Waals surface area contributed by atoms with E-state index < -0.39 is 0 Å². The summed E-state index contributed by atoms with van der Waals surface area (Å²) in [6, 6.07) is 18.5. The maximum absolute atomic E-state index is 12.4. The maximum Gasteiger partial charge on any atom is 0.255 e. The lowest BCUT2D eigenvalue weighted by Gasteiger charge is -2.11. The van der Waals surface area contributed by atoms with E-state index in [9.17, 15) is 4.79 Å². The van der Waals surface area contributed by atoms with Gasteiger partial charge in [0, 0.05) is 13.7 Å². The van der Waals surface area contributed by atoms with Gasteiger partial charge in [-0.3, -0.25) is 4.79 Å². The van der Waals surface area contributed by atoms with Gasteiger partial charge >= 0.3 is 0 Å². The number of benzene rings is 2. The molecule has 0 fully saturated rings. The molecule has 1 aromatic heterocycles. The number of ether oxygens (including phenoxy) is 2. The van der Waals surface area contributed by atoms with E-state index >= 15 is 0 Å². The number of halogens is 1. The van der Waals surface area contributed by atoms with Crippen molar-refractivity contribution in [3.63, 3.8) is 0 Å². The average Bonchev–Trinajstić information content (AvgIpc) is 2.69. The van der Waals surface area contributed by atoms with Crippen molar-refractivity contribution >= 4 is 27.7 Å². The number of anilines is 1. The number of aromatic nitrogens is 1. The van der Waals surface area contributed by atoms with Crippen LogP contribution >= 0.6 is 15.9 Å². The van der Waals surface area contributed by atoms with Crippen LogP contribution in [-0.2, 0) is 17.9 Å². The molecular weight excluding hydrogens is 422 g/mol. The topological polar surface area (TPSA) is 86.5 Å².